The van der Waals surface area contributed by atoms with Crippen molar-refractivity contribution in [2.75, 3.05) is 19.6 Å². The summed E-state index contributed by atoms with van der Waals surface area (Å²) in [5.74, 6) is -1.70. The predicted molar refractivity (Wildman–Crippen MR) is 185 cm³/mol. The molecule has 13 nitrogen and oxygen atoms in total. The third kappa shape index (κ3) is 10.0. The number of phenolic OH excluding ortho intramolecular Hbond substituents is 1. The minimum absolute atomic E-state index is 0.0859. The van der Waals surface area contributed by atoms with Crippen molar-refractivity contribution in [1.29, 1.82) is 0 Å². The van der Waals surface area contributed by atoms with Gasteiger partial charge < -0.3 is 41.7 Å². The number of carbonyl (C=O) groups is 5. The van der Waals surface area contributed by atoms with Crippen LogP contribution in [0.3, 0.4) is 0 Å². The summed E-state index contributed by atoms with van der Waals surface area (Å²) in [7, 11) is 0. The topological polar surface area (TPSA) is 192 Å². The number of aromatic hydroxyl groups is 1. The molecular formula is C37H44N6O7. The molecule has 2 aliphatic rings. The molecule has 2 saturated heterocycles. The zero-order chi connectivity index (χ0) is 35.5. The molecule has 2 heterocycles. The number of ether oxygens (including phenoxy) is 1. The van der Waals surface area contributed by atoms with E-state index in [-0.39, 0.29) is 38.1 Å². The molecule has 2 fully saturated rings. The summed E-state index contributed by atoms with van der Waals surface area (Å²) in [6.45, 7) is 0.657. The molecule has 0 spiro atoms. The fraction of sp³-hybridized carbons (Fsp3) is 0.378. The number of carbonyl (C=O) groups excluding carboxylic acids is 5. The number of nitrogens with one attached hydrogen (secondary N) is 4. The van der Waals surface area contributed by atoms with Crippen molar-refractivity contribution < 1.29 is 33.8 Å². The van der Waals surface area contributed by atoms with E-state index in [1.165, 1.54) is 17.0 Å². The molecule has 0 aliphatic carbocycles. The monoisotopic (exact) mass is 684 g/mol. The van der Waals surface area contributed by atoms with Gasteiger partial charge in [0, 0.05) is 19.5 Å². The van der Waals surface area contributed by atoms with Gasteiger partial charge in [-0.2, -0.15) is 0 Å². The van der Waals surface area contributed by atoms with E-state index in [4.69, 9.17) is 10.5 Å². The minimum atomic E-state index is -1.06. The smallest absolute Gasteiger partial charge is 0.246 e. The Bertz CT molecular complexity index is 1630. The molecule has 0 radical (unpaired) electrons. The van der Waals surface area contributed by atoms with Gasteiger partial charge in [0.2, 0.25) is 29.5 Å². The lowest BCUT2D eigenvalue weighted by molar-refractivity contribution is -0.142. The molecule has 0 bridgehead atoms. The molecule has 50 heavy (non-hydrogen) atoms. The lowest BCUT2D eigenvalue weighted by Gasteiger charge is -2.30. The van der Waals surface area contributed by atoms with Gasteiger partial charge in [0.05, 0.1) is 12.6 Å². The van der Waals surface area contributed by atoms with E-state index in [1.54, 1.807) is 24.3 Å². The second kappa shape index (κ2) is 17.3. The number of amides is 5. The van der Waals surface area contributed by atoms with Crippen LogP contribution < -0.4 is 31.7 Å². The first kappa shape index (κ1) is 35.9. The van der Waals surface area contributed by atoms with Crippen molar-refractivity contribution in [2.45, 2.75) is 69.3 Å². The Morgan fingerprint density at radius 3 is 2.34 bits per heavy atom. The normalized spacial score (nSPS) is 21.1. The Morgan fingerprint density at radius 1 is 0.880 bits per heavy atom. The molecule has 13 heteroatoms. The van der Waals surface area contributed by atoms with Gasteiger partial charge in [0.15, 0.2) is 0 Å². The van der Waals surface area contributed by atoms with Gasteiger partial charge in [-0.1, -0.05) is 54.6 Å². The van der Waals surface area contributed by atoms with Crippen molar-refractivity contribution in [3.63, 3.8) is 0 Å². The van der Waals surface area contributed by atoms with Crippen LogP contribution >= 0.6 is 0 Å². The number of hydrogen-bond donors (Lipinski definition) is 6. The molecule has 264 valence electrons. The van der Waals surface area contributed by atoms with Crippen LogP contribution in [0.25, 0.3) is 0 Å². The first-order chi connectivity index (χ1) is 24.2. The van der Waals surface area contributed by atoms with Crippen LogP contribution in [0.4, 0.5) is 0 Å². The van der Waals surface area contributed by atoms with Crippen LogP contribution in [0, 0.1) is 0 Å². The van der Waals surface area contributed by atoms with E-state index in [2.05, 4.69) is 21.3 Å². The largest absolute Gasteiger partial charge is 0.508 e. The van der Waals surface area contributed by atoms with E-state index in [0.717, 1.165) is 16.7 Å². The van der Waals surface area contributed by atoms with Crippen molar-refractivity contribution in [3.05, 3.63) is 95.6 Å². The maximum Gasteiger partial charge on any atom is 0.246 e. The lowest BCUT2D eigenvalue weighted by atomic mass is 10.0. The predicted octanol–water partition coefficient (Wildman–Crippen LogP) is 1.07. The van der Waals surface area contributed by atoms with Gasteiger partial charge in [0.1, 0.15) is 36.2 Å². The molecule has 3 aromatic rings. The van der Waals surface area contributed by atoms with Crippen LogP contribution in [0.1, 0.15) is 42.4 Å². The SMILES string of the molecule is N[C@@H](Cc1ccc(O)cc1)C(=O)N[C@H]1CCCNC(=O)CNC(=O)[C@@H]2CCCN2C(=O)[C@H](Cc2ccc(OCc3ccccc3)cc2)NC1=O. The zero-order valence-electron chi connectivity index (χ0n) is 27.8. The van der Waals surface area contributed by atoms with Crippen molar-refractivity contribution >= 4 is 29.5 Å². The van der Waals surface area contributed by atoms with Crippen molar-refractivity contribution in [2.24, 2.45) is 5.73 Å². The molecule has 5 amide bonds. The number of benzene rings is 3. The maximum absolute atomic E-state index is 14.1. The zero-order valence-corrected chi connectivity index (χ0v) is 27.8. The van der Waals surface area contributed by atoms with Gasteiger partial charge in [-0.05, 0) is 73.1 Å². The van der Waals surface area contributed by atoms with E-state index in [9.17, 15) is 29.1 Å². The van der Waals surface area contributed by atoms with Crippen LogP contribution in [0.5, 0.6) is 11.5 Å². The third-order valence-electron chi connectivity index (χ3n) is 8.84. The van der Waals surface area contributed by atoms with E-state index in [1.807, 2.05) is 42.5 Å². The highest BCUT2D eigenvalue weighted by Crippen LogP contribution is 2.21. The molecule has 3 aromatic carbocycles. The molecule has 7 N–H and O–H groups in total. The fourth-order valence-electron chi connectivity index (χ4n) is 6.08. The second-order valence-electron chi connectivity index (χ2n) is 12.6. The lowest BCUT2D eigenvalue weighted by Crippen LogP contribution is -2.58. The van der Waals surface area contributed by atoms with E-state index in [0.29, 0.717) is 38.2 Å². The minimum Gasteiger partial charge on any atom is -0.508 e. The average Bonchev–Trinajstić information content (AvgIpc) is 3.62. The molecule has 0 unspecified atom stereocenters. The van der Waals surface area contributed by atoms with Crippen LogP contribution in [0.2, 0.25) is 0 Å². The summed E-state index contributed by atoms with van der Waals surface area (Å²) < 4.78 is 5.91. The summed E-state index contributed by atoms with van der Waals surface area (Å²) in [6.07, 6.45) is 1.77. The quantitative estimate of drug-likeness (QED) is 0.193. The van der Waals surface area contributed by atoms with E-state index >= 15 is 0 Å². The van der Waals surface area contributed by atoms with Gasteiger partial charge in [-0.15, -0.1) is 0 Å². The molecular weight excluding hydrogens is 640 g/mol. The summed E-state index contributed by atoms with van der Waals surface area (Å²) in [6, 6.07) is 19.4. The number of fused-ring (bicyclic) bond motifs is 1. The highest BCUT2D eigenvalue weighted by molar-refractivity contribution is 5.96. The van der Waals surface area contributed by atoms with Crippen molar-refractivity contribution in [1.82, 2.24) is 26.2 Å². The first-order valence-electron chi connectivity index (χ1n) is 16.9. The van der Waals surface area contributed by atoms with E-state index < -0.39 is 53.7 Å². The molecule has 4 atom stereocenters. The molecule has 2 aliphatic heterocycles. The highest BCUT2D eigenvalue weighted by atomic mass is 16.5. The van der Waals surface area contributed by atoms with Crippen molar-refractivity contribution in [3.8, 4) is 11.5 Å². The van der Waals surface area contributed by atoms with Gasteiger partial charge in [0.25, 0.3) is 0 Å². The van der Waals surface area contributed by atoms with Crippen LogP contribution in [0.15, 0.2) is 78.9 Å². The third-order valence-corrected chi connectivity index (χ3v) is 8.84. The summed E-state index contributed by atoms with van der Waals surface area (Å²) in [5.41, 5.74) is 8.71. The molecule has 0 saturated carbocycles. The summed E-state index contributed by atoms with van der Waals surface area (Å²) in [5, 5.41) is 20.5. The number of phenols is 1. The highest BCUT2D eigenvalue weighted by Gasteiger charge is 2.38. The standard InChI is InChI=1S/C37H44N6O7/c38-29(20-24-10-14-27(44)15-11-24)34(46)41-30-8-4-18-39-33(45)22-40-36(48)32-9-5-19-43(32)37(49)31(42-35(30)47)21-25-12-16-28(17-13-25)50-23-26-6-2-1-3-7-26/h1-3,6-7,10-17,29-32,44H,4-5,8-9,18-23,38H2,(H,39,45)(H,40,48)(H,41,46)(H,42,47)/t29-,30-,31-,32-/m0/s1. The number of nitrogens with zero attached hydrogens (tertiary/aromatic N) is 1. The molecule has 5 rings (SSSR count). The number of nitrogens with two attached hydrogens (primary N) is 1. The Balaban J connectivity index is 1.34. The fourth-order valence-corrected chi connectivity index (χ4v) is 6.08. The number of rotatable bonds is 9. The van der Waals surface area contributed by atoms with Gasteiger partial charge >= 0.3 is 0 Å². The molecule has 0 aromatic heterocycles. The average molecular weight is 685 g/mol. The van der Waals surface area contributed by atoms with Crippen LogP contribution in [-0.2, 0) is 43.4 Å². The van der Waals surface area contributed by atoms with Gasteiger partial charge in [-0.25, -0.2) is 0 Å². The number of hydrogen-bond acceptors (Lipinski definition) is 8. The second-order valence-corrected chi connectivity index (χ2v) is 12.6. The summed E-state index contributed by atoms with van der Waals surface area (Å²) in [4.78, 5) is 68.2. The Kier molecular flexibility index (Phi) is 12.4. The van der Waals surface area contributed by atoms with Gasteiger partial charge in [-0.3, -0.25) is 24.0 Å². The Hall–Kier alpha value is -5.43. The first-order valence-corrected chi connectivity index (χ1v) is 16.9. The summed E-state index contributed by atoms with van der Waals surface area (Å²) >= 11 is 0. The Morgan fingerprint density at radius 2 is 1.60 bits per heavy atom. The maximum atomic E-state index is 14.1. The Labute approximate surface area is 290 Å². The van der Waals surface area contributed by atoms with Crippen LogP contribution in [-0.4, -0.2) is 83.3 Å².